The third kappa shape index (κ3) is 5.98. The van der Waals surface area contributed by atoms with Gasteiger partial charge in [-0.15, -0.1) is 0 Å². The van der Waals surface area contributed by atoms with Crippen LogP contribution < -0.4 is 0 Å². The van der Waals surface area contributed by atoms with Crippen molar-refractivity contribution in [3.05, 3.63) is 224 Å². The van der Waals surface area contributed by atoms with Gasteiger partial charge in [0.25, 0.3) is 0 Å². The summed E-state index contributed by atoms with van der Waals surface area (Å²) in [6.07, 6.45) is 0. The van der Waals surface area contributed by atoms with E-state index in [4.69, 9.17) is 15.1 Å². The zero-order chi connectivity index (χ0) is 41.0. The van der Waals surface area contributed by atoms with Gasteiger partial charge in [-0.05, 0) is 53.4 Å². The van der Waals surface area contributed by atoms with Crippen molar-refractivity contribution in [3.8, 4) is 73.2 Å². The lowest BCUT2D eigenvalue weighted by atomic mass is 9.95. The Hall–Kier alpha value is -8.41. The number of hydrogen-bond acceptors (Lipinski definition) is 3. The molecule has 290 valence electrons. The third-order valence-electron chi connectivity index (χ3n) is 11.9. The molecule has 12 aromatic rings. The number of nitrogens with zero attached hydrogens (tertiary/aromatic N) is 5. The lowest BCUT2D eigenvalue weighted by Crippen LogP contribution is -1.98. The molecule has 0 bridgehead atoms. The van der Waals surface area contributed by atoms with Crippen LogP contribution in [0.15, 0.2) is 224 Å². The van der Waals surface area contributed by atoms with Gasteiger partial charge in [0, 0.05) is 55.2 Å². The van der Waals surface area contributed by atoms with E-state index < -0.39 is 0 Å². The summed E-state index contributed by atoms with van der Waals surface area (Å²) >= 11 is 0. The molecule has 4 heterocycles. The van der Waals surface area contributed by atoms with Gasteiger partial charge in [0.05, 0.1) is 33.6 Å². The zero-order valence-electron chi connectivity index (χ0n) is 33.6. The Labute approximate surface area is 358 Å². The van der Waals surface area contributed by atoms with E-state index in [9.17, 15) is 0 Å². The van der Waals surface area contributed by atoms with Crippen molar-refractivity contribution in [2.24, 2.45) is 0 Å². The lowest BCUT2D eigenvalue weighted by Gasteiger charge is -2.13. The van der Waals surface area contributed by atoms with Crippen LogP contribution in [0, 0.1) is 0 Å². The van der Waals surface area contributed by atoms with Gasteiger partial charge in [-0.1, -0.05) is 182 Å². The van der Waals surface area contributed by atoms with Crippen LogP contribution in [0.25, 0.3) is 111 Å². The first-order valence-corrected chi connectivity index (χ1v) is 20.9. The van der Waals surface area contributed by atoms with Crippen LogP contribution in [0.5, 0.6) is 0 Å². The summed E-state index contributed by atoms with van der Waals surface area (Å²) in [7, 11) is 0. The van der Waals surface area contributed by atoms with Crippen LogP contribution >= 0.6 is 0 Å². The molecule has 0 aliphatic heterocycles. The number of aromatic nitrogens is 5. The van der Waals surface area contributed by atoms with Gasteiger partial charge < -0.3 is 4.57 Å². The fourth-order valence-electron chi connectivity index (χ4n) is 9.07. The molecule has 5 nitrogen and oxygen atoms in total. The number of para-hydroxylation sites is 2. The van der Waals surface area contributed by atoms with Crippen molar-refractivity contribution in [1.29, 1.82) is 0 Å². The summed E-state index contributed by atoms with van der Waals surface area (Å²) in [5, 5.41) is 10.2. The van der Waals surface area contributed by atoms with Crippen LogP contribution in [0.1, 0.15) is 0 Å². The third-order valence-corrected chi connectivity index (χ3v) is 11.9. The molecule has 0 fully saturated rings. The summed E-state index contributed by atoms with van der Waals surface area (Å²) in [5.74, 6) is 0.661. The van der Waals surface area contributed by atoms with Gasteiger partial charge >= 0.3 is 0 Å². The Bertz CT molecular complexity index is 3570. The maximum absolute atomic E-state index is 5.45. The predicted molar refractivity (Wildman–Crippen MR) is 255 cm³/mol. The molecule has 5 heteroatoms. The normalized spacial score (nSPS) is 11.5. The highest BCUT2D eigenvalue weighted by Gasteiger charge is 2.22. The molecule has 4 aromatic heterocycles. The second-order valence-corrected chi connectivity index (χ2v) is 15.7. The second kappa shape index (κ2) is 14.7. The van der Waals surface area contributed by atoms with Crippen molar-refractivity contribution in [2.45, 2.75) is 0 Å². The fraction of sp³-hybridized carbons (Fsp3) is 0. The molecule has 0 aliphatic rings. The van der Waals surface area contributed by atoms with E-state index in [1.807, 2.05) is 6.07 Å². The van der Waals surface area contributed by atoms with Gasteiger partial charge in [-0.25, -0.2) is 14.5 Å². The van der Waals surface area contributed by atoms with Gasteiger partial charge in [0.15, 0.2) is 5.82 Å². The van der Waals surface area contributed by atoms with E-state index in [-0.39, 0.29) is 0 Å². The van der Waals surface area contributed by atoms with Crippen molar-refractivity contribution < 1.29 is 0 Å². The smallest absolute Gasteiger partial charge is 0.160 e. The molecule has 0 spiro atoms. The Morgan fingerprint density at radius 3 is 1.60 bits per heavy atom. The van der Waals surface area contributed by atoms with E-state index in [1.165, 1.54) is 10.8 Å². The van der Waals surface area contributed by atoms with Crippen molar-refractivity contribution in [3.63, 3.8) is 0 Å². The Morgan fingerprint density at radius 1 is 0.355 bits per heavy atom. The van der Waals surface area contributed by atoms with E-state index in [0.717, 1.165) is 94.7 Å². The highest BCUT2D eigenvalue weighted by Crippen LogP contribution is 2.42. The molecule has 12 rings (SSSR count). The summed E-state index contributed by atoms with van der Waals surface area (Å²) in [5.41, 5.74) is 15.3. The highest BCUT2D eigenvalue weighted by atomic mass is 15.2. The van der Waals surface area contributed by atoms with Crippen molar-refractivity contribution in [1.82, 2.24) is 24.1 Å². The SMILES string of the molecule is c1ccc(-c2cc(-c3cccc(-c4c(-c5ccccc5)nn5c(-c6ccccc6)cc6ccccc6c45)c3)nc(-c3cccc(-n4c5ccccc5c5ccccc54)c3)n2)cc1. The topological polar surface area (TPSA) is 48.0 Å². The Balaban J connectivity index is 1.07. The van der Waals surface area contributed by atoms with Crippen LogP contribution in [0.3, 0.4) is 0 Å². The Morgan fingerprint density at radius 2 is 0.887 bits per heavy atom. The van der Waals surface area contributed by atoms with Crippen molar-refractivity contribution in [2.75, 3.05) is 0 Å². The molecular weight excluding hydrogens is 755 g/mol. The average molecular weight is 792 g/mol. The molecule has 62 heavy (non-hydrogen) atoms. The number of fused-ring (bicyclic) bond motifs is 6. The molecule has 0 saturated carbocycles. The minimum Gasteiger partial charge on any atom is -0.309 e. The molecule has 0 amide bonds. The minimum atomic E-state index is 0.661. The summed E-state index contributed by atoms with van der Waals surface area (Å²) in [4.78, 5) is 10.6. The molecule has 0 unspecified atom stereocenters. The zero-order valence-corrected chi connectivity index (χ0v) is 33.6. The lowest BCUT2D eigenvalue weighted by molar-refractivity contribution is 0.979. The maximum atomic E-state index is 5.45. The minimum absolute atomic E-state index is 0.661. The van der Waals surface area contributed by atoms with Gasteiger partial charge in [-0.2, -0.15) is 5.10 Å². The molecule has 0 radical (unpaired) electrons. The summed E-state index contributed by atoms with van der Waals surface area (Å²) < 4.78 is 4.48. The fourth-order valence-corrected chi connectivity index (χ4v) is 9.07. The quantitative estimate of drug-likeness (QED) is 0.162. The summed E-state index contributed by atoms with van der Waals surface area (Å²) in [6.45, 7) is 0. The number of hydrogen-bond donors (Lipinski definition) is 0. The number of rotatable bonds is 7. The maximum Gasteiger partial charge on any atom is 0.160 e. The molecule has 0 aliphatic carbocycles. The van der Waals surface area contributed by atoms with Gasteiger partial charge in [0.1, 0.15) is 5.69 Å². The largest absolute Gasteiger partial charge is 0.309 e. The van der Waals surface area contributed by atoms with Crippen LogP contribution in [0.4, 0.5) is 0 Å². The highest BCUT2D eigenvalue weighted by molar-refractivity contribution is 6.10. The Kier molecular flexibility index (Phi) is 8.42. The van der Waals surface area contributed by atoms with Crippen LogP contribution in [-0.2, 0) is 0 Å². The first kappa shape index (κ1) is 35.5. The van der Waals surface area contributed by atoms with E-state index in [1.54, 1.807) is 0 Å². The van der Waals surface area contributed by atoms with E-state index >= 15 is 0 Å². The predicted octanol–water partition coefficient (Wildman–Crippen LogP) is 14.4. The molecule has 0 atom stereocenters. The standard InChI is InChI=1S/C57H37N5/c1-4-18-38(19-5-1)49-37-50(59-57(58-49)44-27-17-28-45(35-44)61-51-32-14-12-30-47(51)48-31-13-15-33-52(48)61)42-25-16-26-43(34-42)54-55(40-22-8-3-9-23-40)60-62-53(39-20-6-2-7-21-39)36-41-24-10-11-29-46(41)56(54)62/h1-37H. The molecule has 0 saturated heterocycles. The van der Waals surface area contributed by atoms with Gasteiger partial charge in [0.2, 0.25) is 0 Å². The number of pyridine rings is 1. The average Bonchev–Trinajstić information content (AvgIpc) is 3.92. The van der Waals surface area contributed by atoms with E-state index in [2.05, 4.69) is 227 Å². The van der Waals surface area contributed by atoms with Crippen LogP contribution in [-0.4, -0.2) is 24.1 Å². The second-order valence-electron chi connectivity index (χ2n) is 15.7. The van der Waals surface area contributed by atoms with E-state index in [0.29, 0.717) is 5.82 Å². The molecule has 8 aromatic carbocycles. The first-order valence-electron chi connectivity index (χ1n) is 20.9. The summed E-state index contributed by atoms with van der Waals surface area (Å²) in [6, 6.07) is 79.0. The number of benzene rings is 8. The molecular formula is C57H37N5. The molecule has 0 N–H and O–H groups in total. The first-order chi connectivity index (χ1) is 30.7. The van der Waals surface area contributed by atoms with Crippen molar-refractivity contribution >= 4 is 38.1 Å². The van der Waals surface area contributed by atoms with Crippen LogP contribution in [0.2, 0.25) is 0 Å². The van der Waals surface area contributed by atoms with Gasteiger partial charge in [-0.3, -0.25) is 0 Å². The monoisotopic (exact) mass is 791 g/mol.